The molecule has 13 heavy (non-hydrogen) atoms. The molecule has 0 aromatic heterocycles. The Morgan fingerprint density at radius 3 is 2.23 bits per heavy atom. The summed E-state index contributed by atoms with van der Waals surface area (Å²) in [6.07, 6.45) is 7.04. The van der Waals surface area contributed by atoms with Crippen LogP contribution in [0.1, 0.15) is 66.2 Å². The Kier molecular flexibility index (Phi) is 6.40. The molecule has 1 N–H and O–H groups in total. The topological polar surface area (TPSA) is 20.2 Å². The first-order valence-corrected chi connectivity index (χ1v) is 5.77. The van der Waals surface area contributed by atoms with E-state index in [9.17, 15) is 5.11 Å². The number of rotatable bonds is 7. The number of hydrogen-bond donors (Lipinski definition) is 1. The molecule has 0 saturated carbocycles. The van der Waals surface area contributed by atoms with Gasteiger partial charge in [0.25, 0.3) is 0 Å². The van der Waals surface area contributed by atoms with Crippen LogP contribution in [-0.4, -0.2) is 10.7 Å². The lowest BCUT2D eigenvalue weighted by Gasteiger charge is -2.29. The van der Waals surface area contributed by atoms with Gasteiger partial charge in [0.1, 0.15) is 0 Å². The molecule has 0 rings (SSSR count). The van der Waals surface area contributed by atoms with Crippen molar-refractivity contribution in [1.29, 1.82) is 0 Å². The van der Waals surface area contributed by atoms with E-state index in [0.29, 0.717) is 5.92 Å². The molecule has 0 aliphatic rings. The van der Waals surface area contributed by atoms with Crippen molar-refractivity contribution < 1.29 is 5.11 Å². The molecule has 0 fully saturated rings. The molecule has 0 aliphatic heterocycles. The third-order valence-electron chi connectivity index (χ3n) is 3.21. The normalized spacial score (nSPS) is 18.2. The molecule has 0 amide bonds. The molecule has 0 radical (unpaired) electrons. The van der Waals surface area contributed by atoms with E-state index in [1.807, 2.05) is 6.92 Å². The predicted molar refractivity (Wildman–Crippen MR) is 58.8 cm³/mol. The lowest BCUT2D eigenvalue weighted by Crippen LogP contribution is -2.32. The second-order valence-corrected chi connectivity index (χ2v) is 4.48. The summed E-state index contributed by atoms with van der Waals surface area (Å²) in [6.45, 7) is 8.48. The Morgan fingerprint density at radius 1 is 1.15 bits per heavy atom. The standard InChI is InChI=1S/C12H26O/c1-5-7-8-9-10-12(4,13)11(3)6-2/h11,13H,5-10H2,1-4H3. The quantitative estimate of drug-likeness (QED) is 0.600. The van der Waals surface area contributed by atoms with Crippen LogP contribution in [0.4, 0.5) is 0 Å². The van der Waals surface area contributed by atoms with Gasteiger partial charge in [0.2, 0.25) is 0 Å². The SMILES string of the molecule is CCCCCCC(C)(O)C(C)CC. The Labute approximate surface area is 83.5 Å². The molecule has 1 nitrogen and oxygen atoms in total. The van der Waals surface area contributed by atoms with Crippen LogP contribution in [0.5, 0.6) is 0 Å². The lowest BCUT2D eigenvalue weighted by atomic mass is 9.84. The van der Waals surface area contributed by atoms with Crippen molar-refractivity contribution in [3.05, 3.63) is 0 Å². The van der Waals surface area contributed by atoms with E-state index in [2.05, 4.69) is 20.8 Å². The molecule has 0 aliphatic carbocycles. The van der Waals surface area contributed by atoms with Crippen LogP contribution in [0, 0.1) is 5.92 Å². The zero-order valence-corrected chi connectivity index (χ0v) is 9.77. The first-order valence-electron chi connectivity index (χ1n) is 5.77. The fourth-order valence-corrected chi connectivity index (χ4v) is 1.60. The van der Waals surface area contributed by atoms with E-state index >= 15 is 0 Å². The second kappa shape index (κ2) is 6.42. The van der Waals surface area contributed by atoms with E-state index in [1.165, 1.54) is 25.7 Å². The molecular formula is C12H26O. The first-order chi connectivity index (χ1) is 6.04. The molecule has 0 spiro atoms. The van der Waals surface area contributed by atoms with E-state index in [1.54, 1.807) is 0 Å². The van der Waals surface area contributed by atoms with Crippen LogP contribution in [-0.2, 0) is 0 Å². The van der Waals surface area contributed by atoms with Gasteiger partial charge in [-0.3, -0.25) is 0 Å². The Balaban J connectivity index is 3.62. The average molecular weight is 186 g/mol. The highest BCUT2D eigenvalue weighted by molar-refractivity contribution is 4.77. The highest BCUT2D eigenvalue weighted by Crippen LogP contribution is 2.25. The van der Waals surface area contributed by atoms with Gasteiger partial charge in [-0.25, -0.2) is 0 Å². The smallest absolute Gasteiger partial charge is 0.0645 e. The van der Waals surface area contributed by atoms with E-state index < -0.39 is 5.60 Å². The summed E-state index contributed by atoms with van der Waals surface area (Å²) < 4.78 is 0. The minimum absolute atomic E-state index is 0.425. The summed E-state index contributed by atoms with van der Waals surface area (Å²) in [5.74, 6) is 0.425. The zero-order chi connectivity index (χ0) is 10.3. The summed E-state index contributed by atoms with van der Waals surface area (Å²) in [7, 11) is 0. The molecular weight excluding hydrogens is 160 g/mol. The fraction of sp³-hybridized carbons (Fsp3) is 1.00. The van der Waals surface area contributed by atoms with Crippen molar-refractivity contribution in [2.75, 3.05) is 0 Å². The van der Waals surface area contributed by atoms with Gasteiger partial charge in [0.05, 0.1) is 5.60 Å². The molecule has 80 valence electrons. The fourth-order valence-electron chi connectivity index (χ4n) is 1.60. The van der Waals surface area contributed by atoms with Crippen LogP contribution in [0.15, 0.2) is 0 Å². The van der Waals surface area contributed by atoms with Crippen LogP contribution in [0.3, 0.4) is 0 Å². The van der Waals surface area contributed by atoms with Crippen molar-refractivity contribution in [1.82, 2.24) is 0 Å². The second-order valence-electron chi connectivity index (χ2n) is 4.48. The van der Waals surface area contributed by atoms with Crippen LogP contribution >= 0.6 is 0 Å². The monoisotopic (exact) mass is 186 g/mol. The van der Waals surface area contributed by atoms with Crippen LogP contribution < -0.4 is 0 Å². The zero-order valence-electron chi connectivity index (χ0n) is 9.77. The minimum Gasteiger partial charge on any atom is -0.390 e. The minimum atomic E-state index is -0.442. The number of aliphatic hydroxyl groups is 1. The molecule has 0 aromatic carbocycles. The maximum atomic E-state index is 10.1. The number of unbranched alkanes of at least 4 members (excludes halogenated alkanes) is 3. The van der Waals surface area contributed by atoms with Gasteiger partial charge in [-0.15, -0.1) is 0 Å². The van der Waals surface area contributed by atoms with Gasteiger partial charge < -0.3 is 5.11 Å². The molecule has 2 atom stereocenters. The van der Waals surface area contributed by atoms with E-state index in [4.69, 9.17) is 0 Å². The summed E-state index contributed by atoms with van der Waals surface area (Å²) in [6, 6.07) is 0. The van der Waals surface area contributed by atoms with E-state index in [0.717, 1.165) is 12.8 Å². The predicted octanol–water partition coefficient (Wildman–Crippen LogP) is 3.75. The first kappa shape index (κ1) is 13.0. The highest BCUT2D eigenvalue weighted by Gasteiger charge is 2.25. The highest BCUT2D eigenvalue weighted by atomic mass is 16.3. The Morgan fingerprint density at radius 2 is 1.77 bits per heavy atom. The van der Waals surface area contributed by atoms with Gasteiger partial charge >= 0.3 is 0 Å². The van der Waals surface area contributed by atoms with Gasteiger partial charge in [-0.1, -0.05) is 52.9 Å². The third-order valence-corrected chi connectivity index (χ3v) is 3.21. The Hall–Kier alpha value is -0.0400. The lowest BCUT2D eigenvalue weighted by molar-refractivity contribution is -0.00531. The summed E-state index contributed by atoms with van der Waals surface area (Å²) in [5.41, 5.74) is -0.442. The van der Waals surface area contributed by atoms with Gasteiger partial charge in [-0.05, 0) is 19.3 Å². The summed E-state index contributed by atoms with van der Waals surface area (Å²) in [5, 5.41) is 10.1. The summed E-state index contributed by atoms with van der Waals surface area (Å²) >= 11 is 0. The van der Waals surface area contributed by atoms with Crippen molar-refractivity contribution in [2.24, 2.45) is 5.92 Å². The van der Waals surface area contributed by atoms with Crippen molar-refractivity contribution in [3.63, 3.8) is 0 Å². The van der Waals surface area contributed by atoms with Crippen molar-refractivity contribution >= 4 is 0 Å². The number of hydrogen-bond acceptors (Lipinski definition) is 1. The average Bonchev–Trinajstić information content (AvgIpc) is 2.11. The van der Waals surface area contributed by atoms with E-state index in [-0.39, 0.29) is 0 Å². The molecule has 0 heterocycles. The van der Waals surface area contributed by atoms with Crippen molar-refractivity contribution in [2.45, 2.75) is 71.8 Å². The van der Waals surface area contributed by atoms with Gasteiger partial charge in [0.15, 0.2) is 0 Å². The van der Waals surface area contributed by atoms with Crippen molar-refractivity contribution in [3.8, 4) is 0 Å². The Bertz CT molecular complexity index is 118. The molecule has 0 saturated heterocycles. The molecule has 2 unspecified atom stereocenters. The molecule has 0 aromatic rings. The largest absolute Gasteiger partial charge is 0.390 e. The maximum absolute atomic E-state index is 10.1. The maximum Gasteiger partial charge on any atom is 0.0645 e. The summed E-state index contributed by atoms with van der Waals surface area (Å²) in [4.78, 5) is 0. The van der Waals surface area contributed by atoms with Crippen LogP contribution in [0.25, 0.3) is 0 Å². The molecule has 0 bridgehead atoms. The van der Waals surface area contributed by atoms with Gasteiger partial charge in [0, 0.05) is 0 Å². The molecule has 1 heteroatoms. The van der Waals surface area contributed by atoms with Gasteiger partial charge in [-0.2, -0.15) is 0 Å². The third kappa shape index (κ3) is 5.30. The van der Waals surface area contributed by atoms with Crippen LogP contribution in [0.2, 0.25) is 0 Å².